The monoisotopic (exact) mass is 463 g/mol. The Morgan fingerprint density at radius 1 is 0.970 bits per heavy atom. The second-order valence-electron chi connectivity index (χ2n) is 12.8. The summed E-state index contributed by atoms with van der Waals surface area (Å²) in [6.45, 7) is 14.9. The predicted octanol–water partition coefficient (Wildman–Crippen LogP) is 5.72. The van der Waals surface area contributed by atoms with Gasteiger partial charge in [0, 0.05) is 17.9 Å². The van der Waals surface area contributed by atoms with E-state index in [0.29, 0.717) is 11.5 Å². The summed E-state index contributed by atoms with van der Waals surface area (Å²) >= 11 is 0. The maximum Gasteiger partial charge on any atom is 0.290 e. The summed E-state index contributed by atoms with van der Waals surface area (Å²) in [5.74, 6) is 5.00. The van der Waals surface area contributed by atoms with Crippen LogP contribution in [0.5, 0.6) is 0 Å². The molecule has 2 N–H and O–H groups in total. The first kappa shape index (κ1) is 25.4. The van der Waals surface area contributed by atoms with Crippen molar-refractivity contribution in [1.29, 1.82) is 0 Å². The van der Waals surface area contributed by atoms with Crippen molar-refractivity contribution in [2.75, 3.05) is 19.8 Å². The third-order valence-corrected chi connectivity index (χ3v) is 11.3. The molecule has 5 nitrogen and oxygen atoms in total. The fraction of sp³-hybridized carbons (Fsp3) is 0.964. The molecular weight excluding hydrogens is 414 g/mol. The molecule has 0 bridgehead atoms. The zero-order valence-corrected chi connectivity index (χ0v) is 21.8. The van der Waals surface area contributed by atoms with Crippen LogP contribution >= 0.6 is 0 Å². The van der Waals surface area contributed by atoms with E-state index >= 15 is 0 Å². The molecule has 4 saturated carbocycles. The Bertz CT molecular complexity index is 677. The highest BCUT2D eigenvalue weighted by molar-refractivity contribution is 5.32. The van der Waals surface area contributed by atoms with Crippen molar-refractivity contribution in [3.8, 4) is 0 Å². The molecule has 1 saturated heterocycles. The van der Waals surface area contributed by atoms with Crippen LogP contribution in [0.3, 0.4) is 0 Å². The molecule has 5 aliphatic rings. The lowest BCUT2D eigenvalue weighted by Crippen LogP contribution is -2.57. The third kappa shape index (κ3) is 4.29. The van der Waals surface area contributed by atoms with Crippen LogP contribution in [-0.4, -0.2) is 43.2 Å². The largest absolute Gasteiger partial charge is 0.483 e. The molecule has 0 radical (unpaired) electrons. The summed E-state index contributed by atoms with van der Waals surface area (Å²) < 4.78 is 12.7. The highest BCUT2D eigenvalue weighted by Crippen LogP contribution is 2.69. The number of hydrogen-bond donors (Lipinski definition) is 2. The number of hydrogen-bond acceptors (Lipinski definition) is 4. The zero-order valence-electron chi connectivity index (χ0n) is 21.8. The van der Waals surface area contributed by atoms with Crippen LogP contribution in [0.1, 0.15) is 92.4 Å². The normalized spacial score (nSPS) is 44.4. The summed E-state index contributed by atoms with van der Waals surface area (Å²) in [5.41, 5.74) is 0.833. The van der Waals surface area contributed by atoms with Crippen molar-refractivity contribution in [2.45, 2.75) is 104 Å². The highest BCUT2D eigenvalue weighted by atomic mass is 16.7. The van der Waals surface area contributed by atoms with Crippen molar-refractivity contribution < 1.29 is 19.4 Å². The maximum absolute atomic E-state index is 8.36. The van der Waals surface area contributed by atoms with Gasteiger partial charge in [-0.05, 0) is 106 Å². The van der Waals surface area contributed by atoms with Gasteiger partial charge in [-0.1, -0.05) is 27.7 Å². The van der Waals surface area contributed by atoms with Crippen molar-refractivity contribution in [1.82, 2.24) is 5.32 Å². The van der Waals surface area contributed by atoms with Crippen molar-refractivity contribution in [3.05, 3.63) is 0 Å². The number of fused-ring (bicyclic) bond motifs is 6. The molecule has 1 aliphatic heterocycles. The zero-order chi connectivity index (χ0) is 23.9. The molecule has 33 heavy (non-hydrogen) atoms. The van der Waals surface area contributed by atoms with E-state index in [1.165, 1.54) is 57.9 Å². The van der Waals surface area contributed by atoms with Gasteiger partial charge >= 0.3 is 0 Å². The van der Waals surface area contributed by atoms with E-state index in [2.05, 4.69) is 39.9 Å². The molecule has 0 aromatic carbocycles. The quantitative estimate of drug-likeness (QED) is 0.522. The summed E-state index contributed by atoms with van der Waals surface area (Å²) in [6.07, 6.45) is 12.5. The van der Waals surface area contributed by atoms with Gasteiger partial charge in [0.1, 0.15) is 0 Å². The standard InChI is InChI=1S/C27H47NO2.CH2O2/c1-18(2)19(3)28-17-20-8-11-25(4)21(16-20)6-7-22-23(25)9-12-26(5)24(22)10-13-27(26)29-14-15-30-27;2-1-3/h18-24,28H,6-17H2,1-5H3;1H,(H,2,3). The Labute approximate surface area is 201 Å². The van der Waals surface area contributed by atoms with Crippen molar-refractivity contribution in [2.24, 2.45) is 46.3 Å². The molecule has 8 atom stereocenters. The van der Waals surface area contributed by atoms with Gasteiger partial charge in [0.05, 0.1) is 13.2 Å². The summed E-state index contributed by atoms with van der Waals surface area (Å²) in [6, 6.07) is 0.639. The molecule has 5 fully saturated rings. The maximum atomic E-state index is 8.36. The molecular formula is C28H49NO4. The number of ether oxygens (including phenoxy) is 2. The van der Waals surface area contributed by atoms with E-state index in [9.17, 15) is 0 Å². The average Bonchev–Trinajstić information content (AvgIpc) is 3.38. The molecule has 8 unspecified atom stereocenters. The number of nitrogens with one attached hydrogen (secondary N) is 1. The lowest BCUT2D eigenvalue weighted by atomic mass is 9.44. The van der Waals surface area contributed by atoms with E-state index < -0.39 is 0 Å². The number of carbonyl (C=O) groups is 1. The summed E-state index contributed by atoms with van der Waals surface area (Å²) in [4.78, 5) is 8.36. The van der Waals surface area contributed by atoms with Crippen LogP contribution in [0.25, 0.3) is 0 Å². The van der Waals surface area contributed by atoms with Gasteiger partial charge in [-0.2, -0.15) is 0 Å². The molecule has 1 heterocycles. The highest BCUT2D eigenvalue weighted by Gasteiger charge is 2.67. The lowest BCUT2D eigenvalue weighted by Gasteiger charge is -2.61. The van der Waals surface area contributed by atoms with Gasteiger partial charge in [0.15, 0.2) is 5.79 Å². The van der Waals surface area contributed by atoms with Gasteiger partial charge in [-0.3, -0.25) is 4.79 Å². The minimum Gasteiger partial charge on any atom is -0.483 e. The Morgan fingerprint density at radius 3 is 2.30 bits per heavy atom. The van der Waals surface area contributed by atoms with Gasteiger partial charge in [0.2, 0.25) is 0 Å². The van der Waals surface area contributed by atoms with Gasteiger partial charge < -0.3 is 19.9 Å². The Hall–Kier alpha value is -0.650. The summed E-state index contributed by atoms with van der Waals surface area (Å²) in [5, 5.41) is 10.7. The minimum atomic E-state index is -0.250. The molecule has 5 heteroatoms. The summed E-state index contributed by atoms with van der Waals surface area (Å²) in [7, 11) is 0. The van der Waals surface area contributed by atoms with Crippen molar-refractivity contribution >= 4 is 6.47 Å². The first-order valence-corrected chi connectivity index (χ1v) is 13.8. The first-order valence-electron chi connectivity index (χ1n) is 13.8. The van der Waals surface area contributed by atoms with Crippen molar-refractivity contribution in [3.63, 3.8) is 0 Å². The number of carboxylic acid groups (broad SMARTS) is 1. The van der Waals surface area contributed by atoms with E-state index in [4.69, 9.17) is 19.4 Å². The van der Waals surface area contributed by atoms with Gasteiger partial charge in [0.25, 0.3) is 6.47 Å². The fourth-order valence-corrected chi connectivity index (χ4v) is 9.01. The molecule has 5 rings (SSSR count). The van der Waals surface area contributed by atoms with Gasteiger partial charge in [-0.15, -0.1) is 0 Å². The molecule has 190 valence electrons. The second-order valence-corrected chi connectivity index (χ2v) is 12.8. The number of rotatable bonds is 4. The molecule has 4 aliphatic carbocycles. The lowest BCUT2D eigenvalue weighted by molar-refractivity contribution is -0.247. The molecule has 0 aromatic heterocycles. The van der Waals surface area contributed by atoms with Crippen LogP contribution in [0.2, 0.25) is 0 Å². The third-order valence-electron chi connectivity index (χ3n) is 11.3. The minimum absolute atomic E-state index is 0.239. The topological polar surface area (TPSA) is 67.8 Å². The first-order chi connectivity index (χ1) is 15.7. The van der Waals surface area contributed by atoms with Crippen LogP contribution in [0.4, 0.5) is 0 Å². The van der Waals surface area contributed by atoms with Crippen LogP contribution in [0.15, 0.2) is 0 Å². The predicted molar refractivity (Wildman–Crippen MR) is 131 cm³/mol. The molecule has 0 amide bonds. The Morgan fingerprint density at radius 2 is 1.64 bits per heavy atom. The molecule has 0 aromatic rings. The smallest absolute Gasteiger partial charge is 0.290 e. The SMILES string of the molecule is CC(C)C(C)NCC1CCC2(C)C(CCC3C2CCC2(C)C3CCC23OCCO3)C1.O=CO. The van der Waals surface area contributed by atoms with Crippen LogP contribution < -0.4 is 5.32 Å². The Kier molecular flexibility index (Phi) is 7.54. The van der Waals surface area contributed by atoms with E-state index in [0.717, 1.165) is 55.1 Å². The van der Waals surface area contributed by atoms with E-state index in [-0.39, 0.29) is 17.7 Å². The van der Waals surface area contributed by atoms with Gasteiger partial charge in [-0.25, -0.2) is 0 Å². The Balaban J connectivity index is 0.000000821. The van der Waals surface area contributed by atoms with E-state index in [1.54, 1.807) is 0 Å². The molecule has 1 spiro atoms. The fourth-order valence-electron chi connectivity index (χ4n) is 9.01. The van der Waals surface area contributed by atoms with Crippen LogP contribution in [-0.2, 0) is 14.3 Å². The van der Waals surface area contributed by atoms with Crippen LogP contribution in [0, 0.1) is 46.3 Å². The van der Waals surface area contributed by atoms with E-state index in [1.807, 2.05) is 0 Å². The average molecular weight is 464 g/mol. The second kappa shape index (κ2) is 9.78.